The maximum absolute atomic E-state index is 12.1. The molecule has 2 rings (SSSR count). The number of sulfonamides is 1. The number of aromatic nitrogens is 3. The number of nitrogens with one attached hydrogen (secondary N) is 1. The molecule has 2 aromatic heterocycles. The molecule has 0 bridgehead atoms. The molecule has 0 spiro atoms. The van der Waals surface area contributed by atoms with Crippen molar-refractivity contribution in [2.45, 2.75) is 13.0 Å². The molecule has 102 valence electrons. The van der Waals surface area contributed by atoms with Crippen LogP contribution in [0.5, 0.6) is 0 Å². The standard InChI is InChI=1S/C12H16N4O2S/c1-16(10-12-14-7-8-15-12)19(17,18)9-5-11-4-2-3-6-13-11/h2-4,6-8H,5,9-10H2,1H3,(H,14,15). The molecule has 19 heavy (non-hydrogen) atoms. The fourth-order valence-corrected chi connectivity index (χ4v) is 2.73. The Morgan fingerprint density at radius 3 is 2.74 bits per heavy atom. The monoisotopic (exact) mass is 280 g/mol. The van der Waals surface area contributed by atoms with Crippen LogP contribution >= 0.6 is 0 Å². The van der Waals surface area contributed by atoms with Gasteiger partial charge in [0.15, 0.2) is 0 Å². The van der Waals surface area contributed by atoms with E-state index in [9.17, 15) is 8.42 Å². The van der Waals surface area contributed by atoms with Gasteiger partial charge < -0.3 is 4.98 Å². The molecule has 0 saturated carbocycles. The maximum Gasteiger partial charge on any atom is 0.214 e. The lowest BCUT2D eigenvalue weighted by Gasteiger charge is -2.15. The number of nitrogens with zero attached hydrogens (tertiary/aromatic N) is 3. The van der Waals surface area contributed by atoms with Gasteiger partial charge in [0, 0.05) is 37.8 Å². The molecule has 0 amide bonds. The Hall–Kier alpha value is -1.73. The van der Waals surface area contributed by atoms with E-state index >= 15 is 0 Å². The first-order chi connectivity index (χ1) is 9.08. The Bertz CT molecular complexity index is 596. The summed E-state index contributed by atoms with van der Waals surface area (Å²) in [6.07, 6.45) is 5.34. The van der Waals surface area contributed by atoms with Gasteiger partial charge in [0.25, 0.3) is 0 Å². The predicted molar refractivity (Wildman–Crippen MR) is 71.8 cm³/mol. The number of aryl methyl sites for hydroxylation is 1. The highest BCUT2D eigenvalue weighted by molar-refractivity contribution is 7.89. The first-order valence-corrected chi connectivity index (χ1v) is 7.51. The summed E-state index contributed by atoms with van der Waals surface area (Å²) in [6, 6.07) is 5.48. The van der Waals surface area contributed by atoms with Crippen LogP contribution in [-0.4, -0.2) is 40.5 Å². The van der Waals surface area contributed by atoms with Crippen LogP contribution in [-0.2, 0) is 23.0 Å². The van der Waals surface area contributed by atoms with E-state index in [1.807, 2.05) is 12.1 Å². The molecule has 0 saturated heterocycles. The third kappa shape index (κ3) is 3.87. The lowest BCUT2D eigenvalue weighted by Crippen LogP contribution is -2.30. The molecule has 2 aromatic rings. The third-order valence-electron chi connectivity index (χ3n) is 2.74. The topological polar surface area (TPSA) is 79.0 Å². The molecule has 7 heteroatoms. The highest BCUT2D eigenvalue weighted by Crippen LogP contribution is 2.06. The minimum Gasteiger partial charge on any atom is -0.347 e. The summed E-state index contributed by atoms with van der Waals surface area (Å²) in [5.41, 5.74) is 0.775. The van der Waals surface area contributed by atoms with Gasteiger partial charge in [-0.3, -0.25) is 4.98 Å². The van der Waals surface area contributed by atoms with E-state index in [2.05, 4.69) is 15.0 Å². The van der Waals surface area contributed by atoms with Gasteiger partial charge in [-0.05, 0) is 12.1 Å². The van der Waals surface area contributed by atoms with E-state index in [-0.39, 0.29) is 12.3 Å². The zero-order chi connectivity index (χ0) is 13.7. The van der Waals surface area contributed by atoms with Crippen molar-refractivity contribution in [2.24, 2.45) is 0 Å². The predicted octanol–water partition coefficient (Wildman–Crippen LogP) is 0.809. The average molecular weight is 280 g/mol. The summed E-state index contributed by atoms with van der Waals surface area (Å²) in [5.74, 6) is 0.672. The van der Waals surface area contributed by atoms with Crippen molar-refractivity contribution in [3.8, 4) is 0 Å². The molecule has 0 aromatic carbocycles. The van der Waals surface area contributed by atoms with Gasteiger partial charge in [0.2, 0.25) is 10.0 Å². The Morgan fingerprint density at radius 2 is 2.11 bits per heavy atom. The number of aromatic amines is 1. The molecular weight excluding hydrogens is 264 g/mol. The van der Waals surface area contributed by atoms with Crippen LogP contribution in [0.1, 0.15) is 11.5 Å². The van der Waals surface area contributed by atoms with Gasteiger partial charge in [-0.25, -0.2) is 13.4 Å². The van der Waals surface area contributed by atoms with Crippen LogP contribution in [0.3, 0.4) is 0 Å². The van der Waals surface area contributed by atoms with E-state index < -0.39 is 10.0 Å². The van der Waals surface area contributed by atoms with E-state index in [1.165, 1.54) is 4.31 Å². The SMILES string of the molecule is CN(Cc1ncc[nH]1)S(=O)(=O)CCc1ccccn1. The van der Waals surface area contributed by atoms with Crippen molar-refractivity contribution >= 4 is 10.0 Å². The van der Waals surface area contributed by atoms with Gasteiger partial charge in [-0.15, -0.1) is 0 Å². The number of imidazole rings is 1. The minimum atomic E-state index is -3.30. The number of rotatable bonds is 6. The van der Waals surface area contributed by atoms with E-state index in [0.29, 0.717) is 12.2 Å². The lowest BCUT2D eigenvalue weighted by atomic mass is 10.3. The van der Waals surface area contributed by atoms with Crippen LogP contribution in [0.2, 0.25) is 0 Å². The van der Waals surface area contributed by atoms with Crippen LogP contribution in [0.25, 0.3) is 0 Å². The van der Waals surface area contributed by atoms with Gasteiger partial charge in [0.05, 0.1) is 12.3 Å². The molecule has 0 aliphatic carbocycles. The highest BCUT2D eigenvalue weighted by Gasteiger charge is 2.18. The number of pyridine rings is 1. The summed E-state index contributed by atoms with van der Waals surface area (Å²) in [5, 5.41) is 0. The Balaban J connectivity index is 1.94. The van der Waals surface area contributed by atoms with Gasteiger partial charge >= 0.3 is 0 Å². The molecule has 0 fully saturated rings. The van der Waals surface area contributed by atoms with E-state index in [0.717, 1.165) is 5.69 Å². The molecule has 0 aliphatic heterocycles. The first kappa shape index (κ1) is 13.7. The average Bonchev–Trinajstić information content (AvgIpc) is 2.90. The van der Waals surface area contributed by atoms with E-state index in [1.54, 1.807) is 31.7 Å². The third-order valence-corrected chi connectivity index (χ3v) is 4.54. The van der Waals surface area contributed by atoms with Gasteiger partial charge in [0.1, 0.15) is 5.82 Å². The molecule has 0 atom stereocenters. The molecular formula is C12H16N4O2S. The smallest absolute Gasteiger partial charge is 0.214 e. The first-order valence-electron chi connectivity index (χ1n) is 5.90. The second kappa shape index (κ2) is 5.94. The largest absolute Gasteiger partial charge is 0.347 e. The van der Waals surface area contributed by atoms with E-state index in [4.69, 9.17) is 0 Å². The summed E-state index contributed by atoms with van der Waals surface area (Å²) in [4.78, 5) is 11.0. The van der Waals surface area contributed by atoms with Crippen molar-refractivity contribution in [3.05, 3.63) is 48.3 Å². The maximum atomic E-state index is 12.1. The highest BCUT2D eigenvalue weighted by atomic mass is 32.2. The van der Waals surface area contributed by atoms with Crippen molar-refractivity contribution < 1.29 is 8.42 Å². The van der Waals surface area contributed by atoms with Gasteiger partial charge in [-0.1, -0.05) is 6.07 Å². The minimum absolute atomic E-state index is 0.0429. The van der Waals surface area contributed by atoms with Crippen molar-refractivity contribution in [1.82, 2.24) is 19.3 Å². The summed E-state index contributed by atoms with van der Waals surface area (Å²) >= 11 is 0. The molecule has 0 radical (unpaired) electrons. The number of hydrogen-bond donors (Lipinski definition) is 1. The van der Waals surface area contributed by atoms with Crippen LogP contribution < -0.4 is 0 Å². The van der Waals surface area contributed by atoms with Crippen LogP contribution in [0.15, 0.2) is 36.8 Å². The van der Waals surface area contributed by atoms with Crippen molar-refractivity contribution in [1.29, 1.82) is 0 Å². The molecule has 0 aliphatic rings. The number of hydrogen-bond acceptors (Lipinski definition) is 4. The zero-order valence-corrected chi connectivity index (χ0v) is 11.5. The van der Waals surface area contributed by atoms with Gasteiger partial charge in [-0.2, -0.15) is 4.31 Å². The fourth-order valence-electron chi connectivity index (χ4n) is 1.63. The fraction of sp³-hybridized carbons (Fsp3) is 0.333. The molecule has 6 nitrogen and oxygen atoms in total. The summed E-state index contributed by atoms with van der Waals surface area (Å²) in [6.45, 7) is 0.248. The molecule has 0 unspecified atom stereocenters. The summed E-state index contributed by atoms with van der Waals surface area (Å²) in [7, 11) is -1.75. The molecule has 2 heterocycles. The van der Waals surface area contributed by atoms with Crippen molar-refractivity contribution in [2.75, 3.05) is 12.8 Å². The molecule has 1 N–H and O–H groups in total. The second-order valence-corrected chi connectivity index (χ2v) is 6.37. The number of H-pyrrole nitrogens is 1. The Kier molecular flexibility index (Phi) is 4.28. The lowest BCUT2D eigenvalue weighted by molar-refractivity contribution is 0.457. The second-order valence-electron chi connectivity index (χ2n) is 4.18. The zero-order valence-electron chi connectivity index (χ0n) is 10.7. The van der Waals surface area contributed by atoms with Crippen LogP contribution in [0, 0.1) is 0 Å². The quantitative estimate of drug-likeness (QED) is 0.849. The Labute approximate surface area is 112 Å². The normalized spacial score (nSPS) is 11.9. The van der Waals surface area contributed by atoms with Crippen molar-refractivity contribution in [3.63, 3.8) is 0 Å². The Morgan fingerprint density at radius 1 is 1.26 bits per heavy atom. The summed E-state index contributed by atoms with van der Waals surface area (Å²) < 4.78 is 25.5. The van der Waals surface area contributed by atoms with Crippen LogP contribution in [0.4, 0.5) is 0 Å².